The molecule has 1 N–H and O–H groups in total. The summed E-state index contributed by atoms with van der Waals surface area (Å²) in [6, 6.07) is 6.29. The normalized spacial score (nSPS) is 23.3. The predicted octanol–water partition coefficient (Wildman–Crippen LogP) is 3.30. The van der Waals surface area contributed by atoms with Crippen LogP contribution in [0.1, 0.15) is 42.6 Å². The van der Waals surface area contributed by atoms with Gasteiger partial charge in [0.1, 0.15) is 0 Å². The van der Waals surface area contributed by atoms with E-state index in [0.29, 0.717) is 6.04 Å². The summed E-state index contributed by atoms with van der Waals surface area (Å²) in [6.45, 7) is 7.32. The molecule has 1 aromatic carbocycles. The summed E-state index contributed by atoms with van der Waals surface area (Å²) in [5.41, 5.74) is 2.93. The van der Waals surface area contributed by atoms with Crippen LogP contribution in [0.15, 0.2) is 18.2 Å². The molecule has 1 aromatic rings. The van der Waals surface area contributed by atoms with Gasteiger partial charge >= 0.3 is 0 Å². The number of amides is 1. The molecule has 1 heterocycles. The molecule has 104 valence electrons. The number of carbonyl (C=O) groups is 1. The standard InChI is InChI=1S/C16H24N2O/c1-11-7-8-18(13(3)9-11)16(19)15-6-5-14(17-4)10-12(15)2/h5-6,10-11,13,17H,7-9H2,1-4H3. The van der Waals surface area contributed by atoms with E-state index in [1.54, 1.807) is 0 Å². The summed E-state index contributed by atoms with van der Waals surface area (Å²) in [5.74, 6) is 0.909. The Kier molecular flexibility index (Phi) is 4.13. The number of hydrogen-bond donors (Lipinski definition) is 1. The summed E-state index contributed by atoms with van der Waals surface area (Å²) in [4.78, 5) is 14.7. The Morgan fingerprint density at radius 1 is 1.37 bits per heavy atom. The number of benzene rings is 1. The highest BCUT2D eigenvalue weighted by molar-refractivity contribution is 5.96. The maximum Gasteiger partial charge on any atom is 0.254 e. The topological polar surface area (TPSA) is 32.3 Å². The van der Waals surface area contributed by atoms with Gasteiger partial charge in [0.05, 0.1) is 0 Å². The molecular formula is C16H24N2O. The van der Waals surface area contributed by atoms with Crippen molar-refractivity contribution in [2.75, 3.05) is 18.9 Å². The number of piperidine rings is 1. The van der Waals surface area contributed by atoms with Crippen molar-refractivity contribution in [1.29, 1.82) is 0 Å². The molecular weight excluding hydrogens is 236 g/mol. The maximum atomic E-state index is 12.6. The highest BCUT2D eigenvalue weighted by atomic mass is 16.2. The molecule has 0 bridgehead atoms. The summed E-state index contributed by atoms with van der Waals surface area (Å²) in [5, 5.41) is 3.10. The van der Waals surface area contributed by atoms with Gasteiger partial charge in [-0.1, -0.05) is 6.92 Å². The smallest absolute Gasteiger partial charge is 0.254 e. The average Bonchev–Trinajstić information content (AvgIpc) is 2.37. The van der Waals surface area contributed by atoms with E-state index in [9.17, 15) is 4.79 Å². The predicted molar refractivity (Wildman–Crippen MR) is 79.6 cm³/mol. The lowest BCUT2D eigenvalue weighted by Crippen LogP contribution is -2.44. The molecule has 0 aromatic heterocycles. The second-order valence-electron chi connectivity index (χ2n) is 5.76. The quantitative estimate of drug-likeness (QED) is 0.885. The van der Waals surface area contributed by atoms with Gasteiger partial charge in [0.2, 0.25) is 0 Å². The molecule has 2 unspecified atom stereocenters. The van der Waals surface area contributed by atoms with Gasteiger partial charge in [0.25, 0.3) is 5.91 Å². The van der Waals surface area contributed by atoms with Crippen LogP contribution >= 0.6 is 0 Å². The minimum absolute atomic E-state index is 0.180. The molecule has 1 fully saturated rings. The van der Waals surface area contributed by atoms with Crippen molar-refractivity contribution in [2.24, 2.45) is 5.92 Å². The van der Waals surface area contributed by atoms with Crippen molar-refractivity contribution < 1.29 is 4.79 Å². The Labute approximate surface area is 116 Å². The minimum atomic E-state index is 0.180. The number of nitrogens with one attached hydrogen (secondary N) is 1. The molecule has 19 heavy (non-hydrogen) atoms. The second-order valence-corrected chi connectivity index (χ2v) is 5.76. The highest BCUT2D eigenvalue weighted by Crippen LogP contribution is 2.25. The zero-order valence-electron chi connectivity index (χ0n) is 12.4. The van der Waals surface area contributed by atoms with E-state index in [1.165, 1.54) is 0 Å². The van der Waals surface area contributed by atoms with Crippen molar-refractivity contribution in [3.63, 3.8) is 0 Å². The summed E-state index contributed by atoms with van der Waals surface area (Å²) in [6.07, 6.45) is 2.23. The molecule has 1 aliphatic heterocycles. The molecule has 2 rings (SSSR count). The van der Waals surface area contributed by atoms with Gasteiger partial charge in [0, 0.05) is 30.9 Å². The molecule has 0 spiro atoms. The van der Waals surface area contributed by atoms with Crippen molar-refractivity contribution in [3.05, 3.63) is 29.3 Å². The van der Waals surface area contributed by atoms with Gasteiger partial charge in [-0.05, 0) is 56.4 Å². The van der Waals surface area contributed by atoms with Crippen molar-refractivity contribution >= 4 is 11.6 Å². The molecule has 0 saturated carbocycles. The van der Waals surface area contributed by atoms with Gasteiger partial charge < -0.3 is 10.2 Å². The SMILES string of the molecule is CNc1ccc(C(=O)N2CCC(C)CC2C)c(C)c1. The van der Waals surface area contributed by atoms with Crippen LogP contribution in [-0.2, 0) is 0 Å². The van der Waals surface area contributed by atoms with Crippen LogP contribution in [0.3, 0.4) is 0 Å². The van der Waals surface area contributed by atoms with Crippen molar-refractivity contribution in [3.8, 4) is 0 Å². The minimum Gasteiger partial charge on any atom is -0.388 e. The molecule has 1 amide bonds. The van der Waals surface area contributed by atoms with Gasteiger partial charge in [-0.25, -0.2) is 0 Å². The van der Waals surface area contributed by atoms with Crippen LogP contribution in [0.4, 0.5) is 5.69 Å². The molecule has 1 saturated heterocycles. The third-order valence-electron chi connectivity index (χ3n) is 4.14. The fourth-order valence-corrected chi connectivity index (χ4v) is 2.92. The van der Waals surface area contributed by atoms with Crippen LogP contribution in [0.2, 0.25) is 0 Å². The number of likely N-dealkylation sites (tertiary alicyclic amines) is 1. The number of anilines is 1. The Balaban J connectivity index is 2.19. The molecule has 0 radical (unpaired) electrons. The third kappa shape index (κ3) is 2.91. The molecule has 1 aliphatic rings. The lowest BCUT2D eigenvalue weighted by Gasteiger charge is -2.36. The number of nitrogens with zero attached hydrogens (tertiary/aromatic N) is 1. The number of rotatable bonds is 2. The largest absolute Gasteiger partial charge is 0.388 e. The first-order chi connectivity index (χ1) is 9.02. The average molecular weight is 260 g/mol. The fourth-order valence-electron chi connectivity index (χ4n) is 2.92. The lowest BCUT2D eigenvalue weighted by molar-refractivity contribution is 0.0588. The van der Waals surface area contributed by atoms with E-state index in [0.717, 1.165) is 42.1 Å². The monoisotopic (exact) mass is 260 g/mol. The zero-order valence-corrected chi connectivity index (χ0v) is 12.4. The Morgan fingerprint density at radius 3 is 2.68 bits per heavy atom. The van der Waals surface area contributed by atoms with Crippen LogP contribution in [-0.4, -0.2) is 30.4 Å². The van der Waals surface area contributed by atoms with Gasteiger partial charge in [-0.15, -0.1) is 0 Å². The zero-order chi connectivity index (χ0) is 14.0. The Bertz CT molecular complexity index is 470. The number of aryl methyl sites for hydroxylation is 1. The Hall–Kier alpha value is -1.51. The van der Waals surface area contributed by atoms with E-state index in [4.69, 9.17) is 0 Å². The molecule has 2 atom stereocenters. The van der Waals surface area contributed by atoms with E-state index in [-0.39, 0.29) is 5.91 Å². The molecule has 0 aliphatic carbocycles. The lowest BCUT2D eigenvalue weighted by atomic mass is 9.92. The van der Waals surface area contributed by atoms with Crippen molar-refractivity contribution in [1.82, 2.24) is 4.90 Å². The van der Waals surface area contributed by atoms with Crippen LogP contribution in [0.25, 0.3) is 0 Å². The first-order valence-corrected chi connectivity index (χ1v) is 7.12. The second kappa shape index (κ2) is 5.64. The van der Waals surface area contributed by atoms with Crippen LogP contribution < -0.4 is 5.32 Å². The summed E-state index contributed by atoms with van der Waals surface area (Å²) >= 11 is 0. The first kappa shape index (κ1) is 13.9. The van der Waals surface area contributed by atoms with Gasteiger partial charge in [-0.3, -0.25) is 4.79 Å². The number of hydrogen-bond acceptors (Lipinski definition) is 2. The Morgan fingerprint density at radius 2 is 2.11 bits per heavy atom. The van der Waals surface area contributed by atoms with Gasteiger partial charge in [0.15, 0.2) is 0 Å². The summed E-state index contributed by atoms with van der Waals surface area (Å²) < 4.78 is 0. The molecule has 3 heteroatoms. The van der Waals surface area contributed by atoms with E-state index in [1.807, 2.05) is 37.1 Å². The van der Waals surface area contributed by atoms with Crippen LogP contribution in [0.5, 0.6) is 0 Å². The van der Waals surface area contributed by atoms with E-state index >= 15 is 0 Å². The first-order valence-electron chi connectivity index (χ1n) is 7.12. The third-order valence-corrected chi connectivity index (χ3v) is 4.14. The number of carbonyl (C=O) groups excluding carboxylic acids is 1. The van der Waals surface area contributed by atoms with E-state index < -0.39 is 0 Å². The molecule has 3 nitrogen and oxygen atoms in total. The highest BCUT2D eigenvalue weighted by Gasteiger charge is 2.28. The van der Waals surface area contributed by atoms with Gasteiger partial charge in [-0.2, -0.15) is 0 Å². The summed E-state index contributed by atoms with van der Waals surface area (Å²) in [7, 11) is 1.89. The van der Waals surface area contributed by atoms with Crippen LogP contribution in [0, 0.1) is 12.8 Å². The van der Waals surface area contributed by atoms with Crippen molar-refractivity contribution in [2.45, 2.75) is 39.7 Å². The maximum absolute atomic E-state index is 12.6. The van der Waals surface area contributed by atoms with E-state index in [2.05, 4.69) is 19.2 Å². The fraction of sp³-hybridized carbons (Fsp3) is 0.562.